The number of aryl methyl sites for hydroxylation is 1. The van der Waals surface area contributed by atoms with Crippen molar-refractivity contribution in [3.8, 4) is 5.75 Å². The van der Waals surface area contributed by atoms with Gasteiger partial charge < -0.3 is 4.74 Å². The summed E-state index contributed by atoms with van der Waals surface area (Å²) in [4.78, 5) is 0. The van der Waals surface area contributed by atoms with Gasteiger partial charge in [0.25, 0.3) is 0 Å². The summed E-state index contributed by atoms with van der Waals surface area (Å²) in [7, 11) is 1.62. The van der Waals surface area contributed by atoms with E-state index < -0.39 is 11.7 Å². The van der Waals surface area contributed by atoms with E-state index in [1.54, 1.807) is 19.2 Å². The van der Waals surface area contributed by atoms with Crippen LogP contribution in [0, 0.1) is 6.92 Å². The standard InChI is InChI=1S/C18H19F3O/c1-12-8-14(11-17(9-12)22-3)10-13(2)15-4-6-16(7-5-15)18(19,20)21/h4-9,11,13H,10H2,1-3H3. The second-order valence-corrected chi connectivity index (χ2v) is 5.58. The molecule has 2 rings (SSSR count). The highest BCUT2D eigenvalue weighted by molar-refractivity contribution is 5.35. The average molecular weight is 308 g/mol. The Morgan fingerprint density at radius 2 is 1.68 bits per heavy atom. The number of halogens is 3. The molecule has 0 spiro atoms. The van der Waals surface area contributed by atoms with E-state index in [1.165, 1.54) is 0 Å². The topological polar surface area (TPSA) is 9.23 Å². The zero-order chi connectivity index (χ0) is 16.3. The Labute approximate surface area is 128 Å². The second-order valence-electron chi connectivity index (χ2n) is 5.58. The maximum Gasteiger partial charge on any atom is 0.416 e. The van der Waals surface area contributed by atoms with Crippen LogP contribution < -0.4 is 4.74 Å². The summed E-state index contributed by atoms with van der Waals surface area (Å²) < 4.78 is 43.0. The maximum absolute atomic E-state index is 12.6. The molecular formula is C18H19F3O. The third kappa shape index (κ3) is 4.03. The Morgan fingerprint density at radius 1 is 1.05 bits per heavy atom. The summed E-state index contributed by atoms with van der Waals surface area (Å²) in [5, 5.41) is 0. The molecule has 0 N–H and O–H groups in total. The maximum atomic E-state index is 12.6. The predicted octanol–water partition coefficient (Wildman–Crippen LogP) is 5.37. The monoisotopic (exact) mass is 308 g/mol. The lowest BCUT2D eigenvalue weighted by atomic mass is 9.92. The van der Waals surface area contributed by atoms with Gasteiger partial charge in [-0.05, 0) is 60.2 Å². The number of hydrogen-bond acceptors (Lipinski definition) is 1. The Hall–Kier alpha value is -1.97. The van der Waals surface area contributed by atoms with Crippen molar-refractivity contribution in [1.29, 1.82) is 0 Å². The van der Waals surface area contributed by atoms with Crippen molar-refractivity contribution in [3.05, 3.63) is 64.7 Å². The van der Waals surface area contributed by atoms with Gasteiger partial charge in [0.2, 0.25) is 0 Å². The molecule has 2 aromatic carbocycles. The molecule has 2 aromatic rings. The van der Waals surface area contributed by atoms with E-state index in [2.05, 4.69) is 6.07 Å². The third-order valence-corrected chi connectivity index (χ3v) is 3.70. The number of rotatable bonds is 4. The molecule has 118 valence electrons. The molecular weight excluding hydrogens is 289 g/mol. The molecule has 0 saturated heterocycles. The summed E-state index contributed by atoms with van der Waals surface area (Å²) >= 11 is 0. The lowest BCUT2D eigenvalue weighted by Crippen LogP contribution is -2.05. The van der Waals surface area contributed by atoms with Crippen LogP contribution in [0.3, 0.4) is 0 Å². The highest BCUT2D eigenvalue weighted by Crippen LogP contribution is 2.31. The molecule has 0 bridgehead atoms. The van der Waals surface area contributed by atoms with Crippen molar-refractivity contribution < 1.29 is 17.9 Å². The van der Waals surface area contributed by atoms with Crippen LogP contribution in [0.1, 0.15) is 35.1 Å². The van der Waals surface area contributed by atoms with E-state index in [4.69, 9.17) is 4.74 Å². The fourth-order valence-corrected chi connectivity index (χ4v) is 2.53. The van der Waals surface area contributed by atoms with Crippen LogP contribution >= 0.6 is 0 Å². The molecule has 0 fully saturated rings. The van der Waals surface area contributed by atoms with Crippen molar-refractivity contribution in [3.63, 3.8) is 0 Å². The molecule has 0 heterocycles. The molecule has 0 aliphatic rings. The minimum absolute atomic E-state index is 0.133. The van der Waals surface area contributed by atoms with E-state index in [0.29, 0.717) is 0 Å². The molecule has 1 unspecified atom stereocenters. The SMILES string of the molecule is COc1cc(C)cc(CC(C)c2ccc(C(F)(F)F)cc2)c1. The summed E-state index contributed by atoms with van der Waals surface area (Å²) in [6.07, 6.45) is -3.53. The van der Waals surface area contributed by atoms with Gasteiger partial charge in [-0.3, -0.25) is 0 Å². The van der Waals surface area contributed by atoms with E-state index in [1.807, 2.05) is 26.0 Å². The molecule has 0 amide bonds. The normalized spacial score (nSPS) is 13.0. The largest absolute Gasteiger partial charge is 0.497 e. The van der Waals surface area contributed by atoms with Gasteiger partial charge in [0.1, 0.15) is 5.75 Å². The van der Waals surface area contributed by atoms with Crippen molar-refractivity contribution in [2.75, 3.05) is 7.11 Å². The van der Waals surface area contributed by atoms with Crippen LogP contribution in [0.25, 0.3) is 0 Å². The molecule has 0 aromatic heterocycles. The van der Waals surface area contributed by atoms with Gasteiger partial charge in [0.15, 0.2) is 0 Å². The van der Waals surface area contributed by atoms with Crippen molar-refractivity contribution in [2.24, 2.45) is 0 Å². The zero-order valence-corrected chi connectivity index (χ0v) is 12.9. The molecule has 0 aliphatic heterocycles. The zero-order valence-electron chi connectivity index (χ0n) is 12.9. The Bertz CT molecular complexity index is 630. The molecule has 22 heavy (non-hydrogen) atoms. The van der Waals surface area contributed by atoms with Gasteiger partial charge in [0, 0.05) is 0 Å². The van der Waals surface area contributed by atoms with Gasteiger partial charge in [-0.1, -0.05) is 25.1 Å². The summed E-state index contributed by atoms with van der Waals surface area (Å²) in [6, 6.07) is 11.4. The minimum Gasteiger partial charge on any atom is -0.497 e. The van der Waals surface area contributed by atoms with Crippen LogP contribution in [-0.4, -0.2) is 7.11 Å². The van der Waals surface area contributed by atoms with E-state index in [0.717, 1.165) is 41.0 Å². The lowest BCUT2D eigenvalue weighted by molar-refractivity contribution is -0.137. The highest BCUT2D eigenvalue weighted by Gasteiger charge is 2.30. The van der Waals surface area contributed by atoms with Gasteiger partial charge in [-0.15, -0.1) is 0 Å². The first-order valence-corrected chi connectivity index (χ1v) is 7.11. The number of benzene rings is 2. The fourth-order valence-electron chi connectivity index (χ4n) is 2.53. The summed E-state index contributed by atoms with van der Waals surface area (Å²) in [6.45, 7) is 4.01. The van der Waals surface area contributed by atoms with Crippen LogP contribution in [0.4, 0.5) is 13.2 Å². The van der Waals surface area contributed by atoms with Gasteiger partial charge in [0.05, 0.1) is 12.7 Å². The van der Waals surface area contributed by atoms with Crippen molar-refractivity contribution >= 4 is 0 Å². The molecule has 4 heteroatoms. The smallest absolute Gasteiger partial charge is 0.416 e. The van der Waals surface area contributed by atoms with Gasteiger partial charge >= 0.3 is 6.18 Å². The quantitative estimate of drug-likeness (QED) is 0.738. The van der Waals surface area contributed by atoms with Gasteiger partial charge in [-0.25, -0.2) is 0 Å². The van der Waals surface area contributed by atoms with Gasteiger partial charge in [-0.2, -0.15) is 13.2 Å². The Morgan fingerprint density at radius 3 is 2.23 bits per heavy atom. The van der Waals surface area contributed by atoms with E-state index >= 15 is 0 Å². The predicted molar refractivity (Wildman–Crippen MR) is 81.3 cm³/mol. The first-order chi connectivity index (χ1) is 10.3. The summed E-state index contributed by atoms with van der Waals surface area (Å²) in [5.41, 5.74) is 2.51. The first-order valence-electron chi connectivity index (χ1n) is 7.11. The van der Waals surface area contributed by atoms with Crippen LogP contribution in [0.2, 0.25) is 0 Å². The number of alkyl halides is 3. The first kappa shape index (κ1) is 16.4. The fraction of sp³-hybridized carbons (Fsp3) is 0.333. The highest BCUT2D eigenvalue weighted by atomic mass is 19.4. The molecule has 0 aliphatic carbocycles. The second kappa shape index (κ2) is 6.42. The summed E-state index contributed by atoms with van der Waals surface area (Å²) in [5.74, 6) is 0.934. The molecule has 0 saturated carbocycles. The molecule has 1 atom stereocenters. The molecule has 0 radical (unpaired) electrons. The van der Waals surface area contributed by atoms with Crippen LogP contribution in [-0.2, 0) is 12.6 Å². The number of hydrogen-bond donors (Lipinski definition) is 0. The van der Waals surface area contributed by atoms with Crippen molar-refractivity contribution in [2.45, 2.75) is 32.4 Å². The minimum atomic E-state index is -4.29. The van der Waals surface area contributed by atoms with Crippen molar-refractivity contribution in [1.82, 2.24) is 0 Å². The number of ether oxygens (including phenoxy) is 1. The van der Waals surface area contributed by atoms with E-state index in [9.17, 15) is 13.2 Å². The van der Waals surface area contributed by atoms with Crippen LogP contribution in [0.15, 0.2) is 42.5 Å². The Balaban J connectivity index is 2.15. The Kier molecular flexibility index (Phi) is 4.79. The van der Waals surface area contributed by atoms with Crippen LogP contribution in [0.5, 0.6) is 5.75 Å². The third-order valence-electron chi connectivity index (χ3n) is 3.70. The molecule has 1 nitrogen and oxygen atoms in total. The average Bonchev–Trinajstić information content (AvgIpc) is 2.45. The van der Waals surface area contributed by atoms with E-state index in [-0.39, 0.29) is 5.92 Å². The number of methoxy groups -OCH3 is 1. The lowest BCUT2D eigenvalue weighted by Gasteiger charge is -2.15.